The summed E-state index contributed by atoms with van der Waals surface area (Å²) >= 11 is 5.81. The van der Waals surface area contributed by atoms with Crippen LogP contribution < -0.4 is 5.73 Å². The van der Waals surface area contributed by atoms with E-state index in [1.54, 1.807) is 0 Å². The number of hydrogen-bond acceptors (Lipinski definition) is 2. The number of benzene rings is 1. The van der Waals surface area contributed by atoms with E-state index in [1.807, 2.05) is 24.3 Å². The van der Waals surface area contributed by atoms with Crippen LogP contribution in [0.2, 0.25) is 5.02 Å². The highest BCUT2D eigenvalue weighted by atomic mass is 35.5. The van der Waals surface area contributed by atoms with Crippen LogP contribution in [-0.4, -0.2) is 11.7 Å². The van der Waals surface area contributed by atoms with Crippen molar-refractivity contribution in [2.45, 2.75) is 25.4 Å². The summed E-state index contributed by atoms with van der Waals surface area (Å²) in [6.07, 6.45) is 2.76. The van der Waals surface area contributed by atoms with Crippen molar-refractivity contribution in [3.63, 3.8) is 0 Å². The molecule has 1 aliphatic carbocycles. The Morgan fingerprint density at radius 2 is 1.93 bits per heavy atom. The molecule has 82 valence electrons. The third-order valence-corrected chi connectivity index (χ3v) is 3.77. The first-order valence-electron chi connectivity index (χ1n) is 5.31. The molecule has 3 N–H and O–H groups in total. The van der Waals surface area contributed by atoms with Crippen LogP contribution >= 0.6 is 11.6 Å². The average molecular weight is 226 g/mol. The second kappa shape index (κ2) is 4.12. The highest BCUT2D eigenvalue weighted by Gasteiger charge is 2.42. The fourth-order valence-corrected chi connectivity index (χ4v) is 2.34. The topological polar surface area (TPSA) is 46.2 Å². The summed E-state index contributed by atoms with van der Waals surface area (Å²) in [5.41, 5.74) is 6.58. The van der Waals surface area contributed by atoms with Gasteiger partial charge < -0.3 is 10.8 Å². The number of aliphatic hydroxyl groups excluding tert-OH is 1. The van der Waals surface area contributed by atoms with Gasteiger partial charge in [0, 0.05) is 17.0 Å². The van der Waals surface area contributed by atoms with E-state index < -0.39 is 6.10 Å². The molecule has 0 aromatic heterocycles. The minimum absolute atomic E-state index is 0.0895. The average Bonchev–Trinajstić information content (AvgIpc) is 2.18. The van der Waals surface area contributed by atoms with Gasteiger partial charge in [-0.05, 0) is 30.5 Å². The summed E-state index contributed by atoms with van der Waals surface area (Å²) in [5, 5.41) is 11.0. The van der Waals surface area contributed by atoms with Gasteiger partial charge in [-0.3, -0.25) is 0 Å². The number of nitrogens with two attached hydrogens (primary N) is 1. The van der Waals surface area contributed by atoms with Gasteiger partial charge >= 0.3 is 0 Å². The molecule has 2 rings (SSSR count). The molecule has 0 saturated heterocycles. The Kier molecular flexibility index (Phi) is 3.01. The lowest BCUT2D eigenvalue weighted by atomic mass is 9.63. The highest BCUT2D eigenvalue weighted by Crippen LogP contribution is 2.49. The smallest absolute Gasteiger partial charge is 0.0858 e. The Balaban J connectivity index is 2.19. The fraction of sp³-hybridized carbons (Fsp3) is 0.500. The largest absolute Gasteiger partial charge is 0.388 e. The Morgan fingerprint density at radius 1 is 1.33 bits per heavy atom. The van der Waals surface area contributed by atoms with Crippen molar-refractivity contribution in [1.29, 1.82) is 0 Å². The van der Waals surface area contributed by atoms with Crippen molar-refractivity contribution in [3.05, 3.63) is 34.9 Å². The lowest BCUT2D eigenvalue weighted by Crippen LogP contribution is -2.42. The standard InChI is InChI=1S/C12H16ClNO/c13-10-4-2-9(3-5-10)11(15)12(8-14)6-1-7-12/h2-5,11,15H,1,6-8,14H2. The third-order valence-electron chi connectivity index (χ3n) is 3.52. The van der Waals surface area contributed by atoms with Crippen LogP contribution in [0.4, 0.5) is 0 Å². The second-order valence-electron chi connectivity index (χ2n) is 4.37. The molecule has 1 atom stereocenters. The van der Waals surface area contributed by atoms with E-state index in [9.17, 15) is 5.11 Å². The van der Waals surface area contributed by atoms with Crippen molar-refractivity contribution in [3.8, 4) is 0 Å². The molecule has 0 aliphatic heterocycles. The van der Waals surface area contributed by atoms with E-state index in [-0.39, 0.29) is 5.41 Å². The fourth-order valence-electron chi connectivity index (χ4n) is 2.22. The van der Waals surface area contributed by atoms with Crippen LogP contribution in [0.1, 0.15) is 30.9 Å². The number of aliphatic hydroxyl groups is 1. The molecule has 0 amide bonds. The minimum atomic E-state index is -0.450. The van der Waals surface area contributed by atoms with Crippen molar-refractivity contribution < 1.29 is 5.11 Å². The summed E-state index contributed by atoms with van der Waals surface area (Å²) in [4.78, 5) is 0. The molecule has 15 heavy (non-hydrogen) atoms. The molecule has 1 aromatic carbocycles. The second-order valence-corrected chi connectivity index (χ2v) is 4.81. The number of hydrogen-bond donors (Lipinski definition) is 2. The molecule has 0 radical (unpaired) electrons. The monoisotopic (exact) mass is 225 g/mol. The van der Waals surface area contributed by atoms with E-state index in [4.69, 9.17) is 17.3 Å². The molecular weight excluding hydrogens is 210 g/mol. The van der Waals surface area contributed by atoms with Gasteiger partial charge in [0.15, 0.2) is 0 Å². The quantitative estimate of drug-likeness (QED) is 0.831. The molecule has 1 saturated carbocycles. The van der Waals surface area contributed by atoms with Gasteiger partial charge in [-0.2, -0.15) is 0 Å². The van der Waals surface area contributed by atoms with Crippen LogP contribution in [0, 0.1) is 5.41 Å². The zero-order chi connectivity index (χ0) is 10.9. The zero-order valence-electron chi connectivity index (χ0n) is 8.62. The van der Waals surface area contributed by atoms with Crippen molar-refractivity contribution in [2.75, 3.05) is 6.54 Å². The zero-order valence-corrected chi connectivity index (χ0v) is 9.37. The van der Waals surface area contributed by atoms with Crippen molar-refractivity contribution in [1.82, 2.24) is 0 Å². The summed E-state index contributed by atoms with van der Waals surface area (Å²) in [6, 6.07) is 7.37. The summed E-state index contributed by atoms with van der Waals surface area (Å²) in [7, 11) is 0. The predicted molar refractivity (Wildman–Crippen MR) is 61.8 cm³/mol. The number of halogens is 1. The first kappa shape index (κ1) is 10.9. The summed E-state index contributed by atoms with van der Waals surface area (Å²) in [5.74, 6) is 0. The van der Waals surface area contributed by atoms with Gasteiger partial charge in [-0.1, -0.05) is 30.2 Å². The summed E-state index contributed by atoms with van der Waals surface area (Å²) in [6.45, 7) is 0.552. The van der Waals surface area contributed by atoms with E-state index in [1.165, 1.54) is 6.42 Å². The molecule has 3 heteroatoms. The molecule has 2 nitrogen and oxygen atoms in total. The Bertz CT molecular complexity index is 326. The molecule has 0 heterocycles. The van der Waals surface area contributed by atoms with Gasteiger partial charge in [0.05, 0.1) is 6.10 Å². The molecule has 0 bridgehead atoms. The van der Waals surface area contributed by atoms with Crippen LogP contribution in [0.3, 0.4) is 0 Å². The van der Waals surface area contributed by atoms with Crippen molar-refractivity contribution in [2.24, 2.45) is 11.1 Å². The van der Waals surface area contributed by atoms with E-state index in [0.717, 1.165) is 18.4 Å². The van der Waals surface area contributed by atoms with Crippen molar-refractivity contribution >= 4 is 11.6 Å². The van der Waals surface area contributed by atoms with Crippen LogP contribution in [0.15, 0.2) is 24.3 Å². The highest BCUT2D eigenvalue weighted by molar-refractivity contribution is 6.30. The third kappa shape index (κ3) is 1.89. The van der Waals surface area contributed by atoms with Gasteiger partial charge in [0.1, 0.15) is 0 Å². The maximum atomic E-state index is 10.3. The normalized spacial score (nSPS) is 20.7. The lowest BCUT2D eigenvalue weighted by molar-refractivity contribution is -0.0296. The maximum absolute atomic E-state index is 10.3. The van der Waals surface area contributed by atoms with Gasteiger partial charge in [0.25, 0.3) is 0 Å². The van der Waals surface area contributed by atoms with Gasteiger partial charge in [-0.15, -0.1) is 0 Å². The first-order valence-corrected chi connectivity index (χ1v) is 5.69. The Labute approximate surface area is 95.1 Å². The SMILES string of the molecule is NCC1(C(O)c2ccc(Cl)cc2)CCC1. The van der Waals surface area contributed by atoms with E-state index in [2.05, 4.69) is 0 Å². The van der Waals surface area contributed by atoms with Crippen LogP contribution in [0.25, 0.3) is 0 Å². The predicted octanol–water partition coefficient (Wildman–Crippen LogP) is 2.50. The summed E-state index contributed by atoms with van der Waals surface area (Å²) < 4.78 is 0. The van der Waals surface area contributed by atoms with E-state index in [0.29, 0.717) is 11.6 Å². The van der Waals surface area contributed by atoms with E-state index >= 15 is 0 Å². The van der Waals surface area contributed by atoms with Gasteiger partial charge in [-0.25, -0.2) is 0 Å². The lowest BCUT2D eigenvalue weighted by Gasteiger charge is -2.44. The Hall–Kier alpha value is -0.570. The minimum Gasteiger partial charge on any atom is -0.388 e. The molecule has 1 aliphatic rings. The van der Waals surface area contributed by atoms with Crippen LogP contribution in [0.5, 0.6) is 0 Å². The first-order chi connectivity index (χ1) is 7.18. The van der Waals surface area contributed by atoms with Crippen LogP contribution in [-0.2, 0) is 0 Å². The molecular formula is C12H16ClNO. The molecule has 1 aromatic rings. The number of rotatable bonds is 3. The Morgan fingerprint density at radius 3 is 2.33 bits per heavy atom. The molecule has 0 spiro atoms. The molecule has 1 unspecified atom stereocenters. The molecule has 1 fully saturated rings. The van der Waals surface area contributed by atoms with Gasteiger partial charge in [0.2, 0.25) is 0 Å². The maximum Gasteiger partial charge on any atom is 0.0858 e.